The lowest BCUT2D eigenvalue weighted by Gasteiger charge is -2.32. The lowest BCUT2D eigenvalue weighted by molar-refractivity contribution is -0.200. The zero-order valence-corrected chi connectivity index (χ0v) is 10.6. The number of aromatic nitrogens is 1. The number of carbonyl (C=O) groups excluding carboxylic acids is 1. The Bertz CT molecular complexity index is 456. The molecule has 0 saturated heterocycles. The van der Waals surface area contributed by atoms with Crippen LogP contribution in [0.3, 0.4) is 0 Å². The molecule has 0 fully saturated rings. The molecule has 0 unspecified atom stereocenters. The molecule has 0 N–H and O–H groups in total. The predicted molar refractivity (Wildman–Crippen MR) is 56.6 cm³/mol. The van der Waals surface area contributed by atoms with Crippen molar-refractivity contribution in [1.82, 2.24) is 4.98 Å². The maximum atomic E-state index is 12.8. The van der Waals surface area contributed by atoms with Crippen molar-refractivity contribution in [3.8, 4) is 0 Å². The van der Waals surface area contributed by atoms with Crippen molar-refractivity contribution in [2.45, 2.75) is 25.9 Å². The van der Waals surface area contributed by atoms with Crippen molar-refractivity contribution >= 4 is 33.0 Å². The van der Waals surface area contributed by atoms with Crippen LogP contribution in [-0.4, -0.2) is 16.9 Å². The van der Waals surface area contributed by atoms with E-state index in [9.17, 15) is 18.0 Å². The van der Waals surface area contributed by atoms with Crippen molar-refractivity contribution in [1.29, 1.82) is 0 Å². The van der Waals surface area contributed by atoms with Crippen LogP contribution in [0.5, 0.6) is 0 Å². The number of alkyl halides is 3. The molecule has 1 aliphatic rings. The SMILES string of the molecule is C[C@]1(C(F)(F)F)CCc2nc(Br)sc2C1=O. The Morgan fingerprint density at radius 3 is 2.69 bits per heavy atom. The van der Waals surface area contributed by atoms with E-state index in [1.54, 1.807) is 0 Å². The molecule has 0 amide bonds. The van der Waals surface area contributed by atoms with Gasteiger partial charge in [-0.05, 0) is 35.7 Å². The van der Waals surface area contributed by atoms with E-state index in [1.807, 2.05) is 0 Å². The number of fused-ring (bicyclic) bond motifs is 1. The second kappa shape index (κ2) is 3.53. The van der Waals surface area contributed by atoms with Crippen molar-refractivity contribution in [2.24, 2.45) is 5.41 Å². The number of ketones is 1. The Labute approximate surface area is 102 Å². The average molecular weight is 314 g/mol. The van der Waals surface area contributed by atoms with Crippen LogP contribution >= 0.6 is 27.3 Å². The van der Waals surface area contributed by atoms with Gasteiger partial charge in [-0.3, -0.25) is 4.79 Å². The molecular formula is C9H7BrF3NOS. The Morgan fingerprint density at radius 2 is 2.12 bits per heavy atom. The molecule has 1 atom stereocenters. The molecule has 1 aromatic heterocycles. The van der Waals surface area contributed by atoms with Gasteiger partial charge in [0.1, 0.15) is 5.41 Å². The summed E-state index contributed by atoms with van der Waals surface area (Å²) >= 11 is 4.05. The monoisotopic (exact) mass is 313 g/mol. The first-order valence-corrected chi connectivity index (χ1v) is 6.13. The van der Waals surface area contributed by atoms with Crippen LogP contribution in [0.25, 0.3) is 0 Å². The summed E-state index contributed by atoms with van der Waals surface area (Å²) in [5.41, 5.74) is -1.78. The molecule has 1 heterocycles. The molecule has 88 valence electrons. The van der Waals surface area contributed by atoms with Gasteiger partial charge in [-0.1, -0.05) is 0 Å². The van der Waals surface area contributed by atoms with Gasteiger partial charge in [0.05, 0.1) is 10.6 Å². The van der Waals surface area contributed by atoms with E-state index >= 15 is 0 Å². The first-order chi connectivity index (χ1) is 7.25. The number of hydrogen-bond acceptors (Lipinski definition) is 3. The van der Waals surface area contributed by atoms with Gasteiger partial charge < -0.3 is 0 Å². The largest absolute Gasteiger partial charge is 0.401 e. The van der Waals surface area contributed by atoms with Gasteiger partial charge >= 0.3 is 6.18 Å². The van der Waals surface area contributed by atoms with Gasteiger partial charge in [-0.2, -0.15) is 13.2 Å². The minimum Gasteiger partial charge on any atom is -0.292 e. The third kappa shape index (κ3) is 1.60. The van der Waals surface area contributed by atoms with E-state index in [1.165, 1.54) is 0 Å². The molecule has 2 rings (SSSR count). The number of Topliss-reactive ketones (excluding diaryl/α,β-unsaturated/α-hetero) is 1. The van der Waals surface area contributed by atoms with Crippen LogP contribution in [0.1, 0.15) is 28.7 Å². The summed E-state index contributed by atoms with van der Waals surface area (Å²) in [6.07, 6.45) is -4.53. The number of hydrogen-bond donors (Lipinski definition) is 0. The molecule has 0 spiro atoms. The average Bonchev–Trinajstić information content (AvgIpc) is 2.52. The van der Waals surface area contributed by atoms with Crippen LogP contribution < -0.4 is 0 Å². The summed E-state index contributed by atoms with van der Waals surface area (Å²) in [5, 5.41) is 0. The van der Waals surface area contributed by atoms with Gasteiger partial charge in [-0.15, -0.1) is 11.3 Å². The Kier molecular flexibility index (Phi) is 2.66. The predicted octanol–water partition coefficient (Wildman–Crippen LogP) is 3.60. The summed E-state index contributed by atoms with van der Waals surface area (Å²) in [6, 6.07) is 0. The van der Waals surface area contributed by atoms with Crippen LogP contribution in [0, 0.1) is 5.41 Å². The minimum atomic E-state index is -4.50. The van der Waals surface area contributed by atoms with Crippen LogP contribution in [0.4, 0.5) is 13.2 Å². The van der Waals surface area contributed by atoms with Crippen molar-refractivity contribution in [3.63, 3.8) is 0 Å². The highest BCUT2D eigenvalue weighted by molar-refractivity contribution is 9.11. The lowest BCUT2D eigenvalue weighted by Crippen LogP contribution is -2.45. The van der Waals surface area contributed by atoms with E-state index < -0.39 is 17.4 Å². The third-order valence-corrected chi connectivity index (χ3v) is 4.41. The van der Waals surface area contributed by atoms with E-state index in [4.69, 9.17) is 0 Å². The molecule has 1 aromatic rings. The number of aryl methyl sites for hydroxylation is 1. The molecule has 16 heavy (non-hydrogen) atoms. The van der Waals surface area contributed by atoms with Gasteiger partial charge in [0, 0.05) is 0 Å². The summed E-state index contributed by atoms with van der Waals surface area (Å²) < 4.78 is 38.9. The molecular weight excluding hydrogens is 307 g/mol. The zero-order chi connectivity index (χ0) is 12.1. The van der Waals surface area contributed by atoms with Gasteiger partial charge in [-0.25, -0.2) is 4.98 Å². The fourth-order valence-electron chi connectivity index (χ4n) is 1.67. The topological polar surface area (TPSA) is 30.0 Å². The highest BCUT2D eigenvalue weighted by atomic mass is 79.9. The minimum absolute atomic E-state index is 0.137. The van der Waals surface area contributed by atoms with Gasteiger partial charge in [0.2, 0.25) is 0 Å². The van der Waals surface area contributed by atoms with Crippen molar-refractivity contribution in [2.75, 3.05) is 0 Å². The standard InChI is InChI=1S/C9H7BrF3NOS/c1-8(9(11,12)13)3-2-4-5(6(8)15)16-7(10)14-4/h2-3H2,1H3/t8-/m0/s1. The van der Waals surface area contributed by atoms with E-state index in [0.717, 1.165) is 18.3 Å². The molecule has 1 aliphatic carbocycles. The van der Waals surface area contributed by atoms with Crippen LogP contribution in [0.15, 0.2) is 3.92 Å². The lowest BCUT2D eigenvalue weighted by atomic mass is 9.75. The number of thiazole rings is 1. The highest BCUT2D eigenvalue weighted by Crippen LogP contribution is 2.48. The number of nitrogens with zero attached hydrogens (tertiary/aromatic N) is 1. The van der Waals surface area contributed by atoms with Crippen molar-refractivity contribution < 1.29 is 18.0 Å². The molecule has 0 bridgehead atoms. The fraction of sp³-hybridized carbons (Fsp3) is 0.556. The second-order valence-corrected chi connectivity index (χ2v) is 6.18. The molecule has 0 aliphatic heterocycles. The normalized spacial score (nSPS) is 25.7. The Morgan fingerprint density at radius 1 is 1.50 bits per heavy atom. The number of carbonyl (C=O) groups is 1. The maximum absolute atomic E-state index is 12.8. The Balaban J connectivity index is 2.49. The molecule has 2 nitrogen and oxygen atoms in total. The first-order valence-electron chi connectivity index (χ1n) is 4.52. The maximum Gasteiger partial charge on any atom is 0.401 e. The zero-order valence-electron chi connectivity index (χ0n) is 8.19. The quantitative estimate of drug-likeness (QED) is 0.732. The van der Waals surface area contributed by atoms with Crippen LogP contribution in [0.2, 0.25) is 0 Å². The fourth-order valence-corrected chi connectivity index (χ4v) is 3.28. The van der Waals surface area contributed by atoms with Gasteiger partial charge in [0.15, 0.2) is 9.70 Å². The number of rotatable bonds is 0. The summed E-state index contributed by atoms with van der Waals surface area (Å²) in [6.45, 7) is 0.964. The highest BCUT2D eigenvalue weighted by Gasteiger charge is 2.58. The second-order valence-electron chi connectivity index (χ2n) is 3.90. The van der Waals surface area contributed by atoms with Crippen LogP contribution in [-0.2, 0) is 6.42 Å². The first kappa shape index (κ1) is 12.0. The summed E-state index contributed by atoms with van der Waals surface area (Å²) in [7, 11) is 0. The third-order valence-electron chi connectivity index (χ3n) is 2.87. The number of halogens is 4. The molecule has 7 heteroatoms. The van der Waals surface area contributed by atoms with Crippen molar-refractivity contribution in [3.05, 3.63) is 14.5 Å². The van der Waals surface area contributed by atoms with Gasteiger partial charge in [0.25, 0.3) is 0 Å². The smallest absolute Gasteiger partial charge is 0.292 e. The molecule has 0 radical (unpaired) electrons. The summed E-state index contributed by atoms with van der Waals surface area (Å²) in [5.74, 6) is -0.857. The molecule has 0 aromatic carbocycles. The summed E-state index contributed by atoms with van der Waals surface area (Å²) in [4.78, 5) is 16.0. The van der Waals surface area contributed by atoms with E-state index in [2.05, 4.69) is 20.9 Å². The van der Waals surface area contributed by atoms with E-state index in [-0.39, 0.29) is 17.7 Å². The van der Waals surface area contributed by atoms with E-state index in [0.29, 0.717) is 9.61 Å². The molecule has 0 saturated carbocycles. The Hall–Kier alpha value is -0.430.